The molecule has 0 bridgehead atoms. The number of carboxylic acids is 1. The summed E-state index contributed by atoms with van der Waals surface area (Å²) in [6, 6.07) is 0. The maximum atomic E-state index is 11.1. The number of rotatable bonds is 4. The summed E-state index contributed by atoms with van der Waals surface area (Å²) >= 11 is 0. The predicted molar refractivity (Wildman–Crippen MR) is 51.7 cm³/mol. The fourth-order valence-corrected chi connectivity index (χ4v) is 2.06. The molecule has 13 heavy (non-hydrogen) atoms. The fraction of sp³-hybridized carbons (Fsp3) is 0.900. The summed E-state index contributed by atoms with van der Waals surface area (Å²) in [5, 5.41) is 12.3. The second-order valence-corrected chi connectivity index (χ2v) is 3.93. The van der Waals surface area contributed by atoms with E-state index in [1.54, 1.807) is 0 Å². The van der Waals surface area contributed by atoms with Crippen LogP contribution in [0.15, 0.2) is 0 Å². The first-order valence-electron chi connectivity index (χ1n) is 5.15. The van der Waals surface area contributed by atoms with Crippen molar-refractivity contribution < 1.29 is 9.90 Å². The van der Waals surface area contributed by atoms with E-state index in [1.165, 1.54) is 6.42 Å². The Bertz CT molecular complexity index is 174. The van der Waals surface area contributed by atoms with Gasteiger partial charge in [-0.1, -0.05) is 26.2 Å². The quantitative estimate of drug-likeness (QED) is 0.700. The van der Waals surface area contributed by atoms with E-state index in [2.05, 4.69) is 5.32 Å². The lowest BCUT2D eigenvalue weighted by Gasteiger charge is -2.33. The molecule has 1 rings (SSSR count). The second kappa shape index (κ2) is 4.61. The number of nitrogens with one attached hydrogen (secondary N) is 1. The first-order chi connectivity index (χ1) is 6.21. The van der Waals surface area contributed by atoms with Crippen LogP contribution >= 0.6 is 0 Å². The van der Waals surface area contributed by atoms with Crippen molar-refractivity contribution in [3.63, 3.8) is 0 Å². The zero-order valence-electron chi connectivity index (χ0n) is 8.31. The van der Waals surface area contributed by atoms with Crippen molar-refractivity contribution in [1.29, 1.82) is 0 Å². The van der Waals surface area contributed by atoms with Gasteiger partial charge >= 0.3 is 5.97 Å². The molecule has 0 radical (unpaired) electrons. The zero-order chi connectivity index (χ0) is 9.73. The highest BCUT2D eigenvalue weighted by Gasteiger charge is 2.38. The summed E-state index contributed by atoms with van der Waals surface area (Å²) in [6.45, 7) is 3.51. The summed E-state index contributed by atoms with van der Waals surface area (Å²) in [5.41, 5.74) is -0.464. The number of carbonyl (C=O) groups is 1. The molecule has 3 heteroatoms. The molecule has 1 fully saturated rings. The van der Waals surface area contributed by atoms with E-state index in [4.69, 9.17) is 0 Å². The van der Waals surface area contributed by atoms with Crippen molar-refractivity contribution in [1.82, 2.24) is 5.32 Å². The Morgan fingerprint density at radius 3 is 2.46 bits per heavy atom. The third-order valence-corrected chi connectivity index (χ3v) is 2.98. The van der Waals surface area contributed by atoms with Crippen LogP contribution in [0.3, 0.4) is 0 Å². The Labute approximate surface area is 79.5 Å². The van der Waals surface area contributed by atoms with Gasteiger partial charge in [0, 0.05) is 6.54 Å². The minimum absolute atomic E-state index is 0.464. The molecular formula is C10H19NO2. The van der Waals surface area contributed by atoms with E-state index in [0.717, 1.165) is 32.2 Å². The van der Waals surface area contributed by atoms with Gasteiger partial charge in [0.1, 0.15) is 0 Å². The monoisotopic (exact) mass is 185 g/mol. The molecule has 2 N–H and O–H groups in total. The van der Waals surface area contributed by atoms with Gasteiger partial charge in [0.15, 0.2) is 0 Å². The lowest BCUT2D eigenvalue weighted by atomic mass is 9.74. The van der Waals surface area contributed by atoms with Gasteiger partial charge < -0.3 is 10.4 Å². The number of carboxylic acid groups (broad SMARTS) is 1. The van der Waals surface area contributed by atoms with Crippen LogP contribution in [0.2, 0.25) is 0 Å². The van der Waals surface area contributed by atoms with E-state index in [1.807, 2.05) is 6.92 Å². The Morgan fingerprint density at radius 1 is 1.38 bits per heavy atom. The van der Waals surface area contributed by atoms with Crippen LogP contribution in [-0.2, 0) is 4.79 Å². The topological polar surface area (TPSA) is 49.3 Å². The van der Waals surface area contributed by atoms with Gasteiger partial charge in [-0.25, -0.2) is 0 Å². The molecule has 3 nitrogen and oxygen atoms in total. The molecule has 0 heterocycles. The minimum atomic E-state index is -0.617. The maximum Gasteiger partial charge on any atom is 0.310 e. The molecule has 0 aromatic carbocycles. The Morgan fingerprint density at radius 2 is 2.00 bits per heavy atom. The van der Waals surface area contributed by atoms with Crippen molar-refractivity contribution in [3.8, 4) is 0 Å². The summed E-state index contributed by atoms with van der Waals surface area (Å²) < 4.78 is 0. The van der Waals surface area contributed by atoms with Crippen LogP contribution in [0.25, 0.3) is 0 Å². The van der Waals surface area contributed by atoms with Gasteiger partial charge in [-0.15, -0.1) is 0 Å². The van der Waals surface area contributed by atoms with Crippen LogP contribution in [0.4, 0.5) is 0 Å². The largest absolute Gasteiger partial charge is 0.481 e. The summed E-state index contributed by atoms with van der Waals surface area (Å²) in [7, 11) is 0. The highest BCUT2D eigenvalue weighted by molar-refractivity contribution is 5.75. The van der Waals surface area contributed by atoms with Crippen LogP contribution in [0, 0.1) is 5.41 Å². The molecule has 0 aliphatic heterocycles. The van der Waals surface area contributed by atoms with Gasteiger partial charge in [0.05, 0.1) is 5.41 Å². The Kier molecular flexibility index (Phi) is 3.72. The molecule has 76 valence electrons. The lowest BCUT2D eigenvalue weighted by Crippen LogP contribution is -2.42. The normalized spacial score (nSPS) is 21.3. The maximum absolute atomic E-state index is 11.1. The van der Waals surface area contributed by atoms with E-state index < -0.39 is 11.4 Å². The molecule has 0 saturated heterocycles. The highest BCUT2D eigenvalue weighted by Crippen LogP contribution is 2.35. The first-order valence-corrected chi connectivity index (χ1v) is 5.15. The van der Waals surface area contributed by atoms with Crippen molar-refractivity contribution in [2.45, 2.75) is 39.0 Å². The predicted octanol–water partition coefficient (Wildman–Crippen LogP) is 1.63. The summed E-state index contributed by atoms with van der Waals surface area (Å²) in [4.78, 5) is 11.1. The molecule has 1 saturated carbocycles. The van der Waals surface area contributed by atoms with Crippen molar-refractivity contribution >= 4 is 5.97 Å². The molecular weight excluding hydrogens is 166 g/mol. The molecule has 0 aromatic heterocycles. The molecule has 0 atom stereocenters. The van der Waals surface area contributed by atoms with Gasteiger partial charge in [-0.05, 0) is 19.4 Å². The highest BCUT2D eigenvalue weighted by atomic mass is 16.4. The molecule has 1 aliphatic rings. The SMILES string of the molecule is CCNCC1(C(=O)O)CCCCC1. The summed E-state index contributed by atoms with van der Waals surface area (Å²) in [5.74, 6) is -0.617. The average molecular weight is 185 g/mol. The molecule has 0 amide bonds. The zero-order valence-corrected chi connectivity index (χ0v) is 8.31. The van der Waals surface area contributed by atoms with Crippen LogP contribution in [-0.4, -0.2) is 24.2 Å². The van der Waals surface area contributed by atoms with E-state index in [9.17, 15) is 9.90 Å². The van der Waals surface area contributed by atoms with E-state index >= 15 is 0 Å². The lowest BCUT2D eigenvalue weighted by molar-refractivity contribution is -0.150. The number of hydrogen-bond acceptors (Lipinski definition) is 2. The molecule has 1 aliphatic carbocycles. The summed E-state index contributed by atoms with van der Waals surface area (Å²) in [6.07, 6.45) is 5.02. The third-order valence-electron chi connectivity index (χ3n) is 2.98. The van der Waals surface area contributed by atoms with Crippen LogP contribution in [0.1, 0.15) is 39.0 Å². The van der Waals surface area contributed by atoms with Crippen molar-refractivity contribution in [2.24, 2.45) is 5.41 Å². The van der Waals surface area contributed by atoms with Crippen LogP contribution < -0.4 is 5.32 Å². The molecule has 0 aromatic rings. The van der Waals surface area contributed by atoms with Crippen molar-refractivity contribution in [3.05, 3.63) is 0 Å². The van der Waals surface area contributed by atoms with Gasteiger partial charge in [0.2, 0.25) is 0 Å². The van der Waals surface area contributed by atoms with E-state index in [0.29, 0.717) is 6.54 Å². The third kappa shape index (κ3) is 2.44. The molecule has 0 spiro atoms. The standard InChI is InChI=1S/C10H19NO2/c1-2-11-8-10(9(12)13)6-4-3-5-7-10/h11H,2-8H2,1H3,(H,12,13). The van der Waals surface area contributed by atoms with E-state index in [-0.39, 0.29) is 0 Å². The second-order valence-electron chi connectivity index (χ2n) is 3.93. The Hall–Kier alpha value is -0.570. The minimum Gasteiger partial charge on any atom is -0.481 e. The fourth-order valence-electron chi connectivity index (χ4n) is 2.06. The number of hydrogen-bond donors (Lipinski definition) is 2. The molecule has 0 unspecified atom stereocenters. The first kappa shape index (κ1) is 10.5. The smallest absolute Gasteiger partial charge is 0.310 e. The average Bonchev–Trinajstić information content (AvgIpc) is 2.16. The van der Waals surface area contributed by atoms with Gasteiger partial charge in [-0.3, -0.25) is 4.79 Å². The van der Waals surface area contributed by atoms with Gasteiger partial charge in [0.25, 0.3) is 0 Å². The van der Waals surface area contributed by atoms with Crippen LogP contribution in [0.5, 0.6) is 0 Å². The Balaban J connectivity index is 2.56. The van der Waals surface area contributed by atoms with Gasteiger partial charge in [-0.2, -0.15) is 0 Å². The number of aliphatic carboxylic acids is 1. The van der Waals surface area contributed by atoms with Crippen molar-refractivity contribution in [2.75, 3.05) is 13.1 Å².